The summed E-state index contributed by atoms with van der Waals surface area (Å²) in [5, 5.41) is 5.90. The molecular weight excluding hydrogens is 466 g/mol. The highest BCUT2D eigenvalue weighted by Gasteiger charge is 2.32. The second kappa shape index (κ2) is 11.9. The van der Waals surface area contributed by atoms with Crippen molar-refractivity contribution in [1.29, 1.82) is 0 Å². The van der Waals surface area contributed by atoms with Gasteiger partial charge in [-0.05, 0) is 30.7 Å². The number of nitrogens with one attached hydrogen (secondary N) is 2. The summed E-state index contributed by atoms with van der Waals surface area (Å²) in [6.07, 6.45) is 11.7. The van der Waals surface area contributed by atoms with Crippen LogP contribution >= 0.6 is 0 Å². The molecule has 1 aromatic heterocycles. The minimum Gasteiger partial charge on any atom is -0.344 e. The highest BCUT2D eigenvalue weighted by molar-refractivity contribution is 5.97. The van der Waals surface area contributed by atoms with Gasteiger partial charge in [0.15, 0.2) is 5.82 Å². The van der Waals surface area contributed by atoms with Crippen LogP contribution in [-0.2, 0) is 14.4 Å². The molecule has 0 spiro atoms. The van der Waals surface area contributed by atoms with E-state index in [0.717, 1.165) is 44.3 Å². The first kappa shape index (κ1) is 26.9. The standard InChI is InChI=1S/C29H41N5O3/c1-29(2,3)28(37)31-23(18-21-12-6-4-7-13-21)26(35)32-24-19-34(20-30-24)25(22-14-8-5-9-15-22)27(36)33-16-10-11-17-33/h5,8-9,14-15,19-21,23,25H,4,6-7,10-13,16-18H2,1-3H3,(H,31,37)(H,32,35). The van der Waals surface area contributed by atoms with Crippen LogP contribution in [0.2, 0.25) is 0 Å². The third-order valence-corrected chi connectivity index (χ3v) is 7.51. The molecule has 4 rings (SSSR count). The van der Waals surface area contributed by atoms with Crippen molar-refractivity contribution in [2.75, 3.05) is 18.4 Å². The molecule has 2 aromatic rings. The van der Waals surface area contributed by atoms with Crippen LogP contribution < -0.4 is 10.6 Å². The fourth-order valence-electron chi connectivity index (χ4n) is 5.31. The number of likely N-dealkylation sites (tertiary alicyclic amines) is 1. The molecule has 200 valence electrons. The van der Waals surface area contributed by atoms with Gasteiger partial charge in [0.25, 0.3) is 0 Å². The fourth-order valence-corrected chi connectivity index (χ4v) is 5.31. The molecule has 2 aliphatic rings. The molecule has 2 unspecified atom stereocenters. The lowest BCUT2D eigenvalue weighted by Crippen LogP contribution is -2.48. The van der Waals surface area contributed by atoms with Gasteiger partial charge in [0.1, 0.15) is 12.1 Å². The summed E-state index contributed by atoms with van der Waals surface area (Å²) < 4.78 is 1.77. The van der Waals surface area contributed by atoms with Crippen LogP contribution in [0.15, 0.2) is 42.9 Å². The van der Waals surface area contributed by atoms with Crippen LogP contribution in [-0.4, -0.2) is 51.3 Å². The first-order valence-corrected chi connectivity index (χ1v) is 13.7. The van der Waals surface area contributed by atoms with Gasteiger partial charge in [-0.25, -0.2) is 4.98 Å². The number of aromatic nitrogens is 2. The van der Waals surface area contributed by atoms with Crippen molar-refractivity contribution in [2.45, 2.75) is 84.2 Å². The Kier molecular flexibility index (Phi) is 8.67. The Morgan fingerprint density at radius 3 is 2.32 bits per heavy atom. The van der Waals surface area contributed by atoms with Crippen LogP contribution in [0.5, 0.6) is 0 Å². The zero-order valence-corrected chi connectivity index (χ0v) is 22.4. The summed E-state index contributed by atoms with van der Waals surface area (Å²) in [4.78, 5) is 45.9. The van der Waals surface area contributed by atoms with Gasteiger partial charge in [-0.15, -0.1) is 0 Å². The number of amides is 3. The average molecular weight is 508 g/mol. The van der Waals surface area contributed by atoms with E-state index in [1.165, 1.54) is 19.3 Å². The Morgan fingerprint density at radius 2 is 1.68 bits per heavy atom. The normalized spacial score (nSPS) is 18.3. The lowest BCUT2D eigenvalue weighted by atomic mass is 9.84. The molecule has 37 heavy (non-hydrogen) atoms. The van der Waals surface area contributed by atoms with E-state index in [-0.39, 0.29) is 17.7 Å². The fraction of sp³-hybridized carbons (Fsp3) is 0.586. The number of carbonyl (C=O) groups is 3. The van der Waals surface area contributed by atoms with E-state index in [1.807, 2.05) is 56.0 Å². The molecule has 2 N–H and O–H groups in total. The summed E-state index contributed by atoms with van der Waals surface area (Å²) in [5.74, 6) is 0.415. The quantitative estimate of drug-likeness (QED) is 0.549. The third-order valence-electron chi connectivity index (χ3n) is 7.51. The number of anilines is 1. The summed E-state index contributed by atoms with van der Waals surface area (Å²) >= 11 is 0. The van der Waals surface area contributed by atoms with Crippen molar-refractivity contribution in [1.82, 2.24) is 19.8 Å². The van der Waals surface area contributed by atoms with Crippen molar-refractivity contribution in [3.63, 3.8) is 0 Å². The number of hydrogen-bond donors (Lipinski definition) is 2. The van der Waals surface area contributed by atoms with Gasteiger partial charge in [-0.2, -0.15) is 0 Å². The molecule has 1 saturated heterocycles. The molecule has 1 aliphatic heterocycles. The number of hydrogen-bond acceptors (Lipinski definition) is 4. The Bertz CT molecular complexity index is 1060. The first-order chi connectivity index (χ1) is 17.7. The predicted octanol–water partition coefficient (Wildman–Crippen LogP) is 4.53. The number of benzene rings is 1. The smallest absolute Gasteiger partial charge is 0.250 e. The van der Waals surface area contributed by atoms with Crippen LogP contribution in [0.3, 0.4) is 0 Å². The number of rotatable bonds is 8. The van der Waals surface area contributed by atoms with Gasteiger partial charge in [-0.3, -0.25) is 14.4 Å². The van der Waals surface area contributed by atoms with Gasteiger partial charge >= 0.3 is 0 Å². The van der Waals surface area contributed by atoms with Crippen LogP contribution in [0, 0.1) is 11.3 Å². The molecule has 2 fully saturated rings. The predicted molar refractivity (Wildman–Crippen MR) is 144 cm³/mol. The van der Waals surface area contributed by atoms with Crippen LogP contribution in [0.4, 0.5) is 5.82 Å². The maximum absolute atomic E-state index is 13.5. The maximum atomic E-state index is 13.5. The van der Waals surface area contributed by atoms with E-state index in [2.05, 4.69) is 15.6 Å². The van der Waals surface area contributed by atoms with Crippen molar-refractivity contribution >= 4 is 23.5 Å². The van der Waals surface area contributed by atoms with E-state index in [0.29, 0.717) is 18.2 Å². The molecule has 1 aliphatic carbocycles. The number of nitrogens with zero attached hydrogens (tertiary/aromatic N) is 3. The van der Waals surface area contributed by atoms with Crippen molar-refractivity contribution in [3.05, 3.63) is 48.4 Å². The van der Waals surface area contributed by atoms with E-state index < -0.39 is 17.5 Å². The maximum Gasteiger partial charge on any atom is 0.250 e. The summed E-state index contributed by atoms with van der Waals surface area (Å²) in [6, 6.07) is 8.49. The van der Waals surface area contributed by atoms with Crippen molar-refractivity contribution < 1.29 is 14.4 Å². The van der Waals surface area contributed by atoms with E-state index in [4.69, 9.17) is 0 Å². The van der Waals surface area contributed by atoms with E-state index >= 15 is 0 Å². The zero-order valence-electron chi connectivity index (χ0n) is 22.4. The lowest BCUT2D eigenvalue weighted by Gasteiger charge is -2.28. The number of carbonyl (C=O) groups excluding carboxylic acids is 3. The van der Waals surface area contributed by atoms with Gasteiger partial charge in [0.05, 0.1) is 6.33 Å². The second-order valence-corrected chi connectivity index (χ2v) is 11.6. The van der Waals surface area contributed by atoms with Gasteiger partial charge < -0.3 is 20.1 Å². The molecule has 8 heteroatoms. The molecule has 8 nitrogen and oxygen atoms in total. The third kappa shape index (κ3) is 6.99. The first-order valence-electron chi connectivity index (χ1n) is 13.7. The number of imidazole rings is 1. The molecular formula is C29H41N5O3. The Morgan fingerprint density at radius 1 is 1.00 bits per heavy atom. The summed E-state index contributed by atoms with van der Waals surface area (Å²) in [7, 11) is 0. The Labute approximate surface area is 220 Å². The van der Waals surface area contributed by atoms with Crippen molar-refractivity contribution in [3.8, 4) is 0 Å². The molecule has 1 saturated carbocycles. The SMILES string of the molecule is CC(C)(C)C(=O)NC(CC1CCCCC1)C(=O)Nc1cn(C(C(=O)N2CCCC2)c2ccccc2)cn1. The zero-order chi connectivity index (χ0) is 26.4. The largest absolute Gasteiger partial charge is 0.344 e. The van der Waals surface area contributed by atoms with Gasteiger partial charge in [0, 0.05) is 24.7 Å². The molecule has 2 atom stereocenters. The minimum atomic E-state index is -0.629. The molecule has 2 heterocycles. The monoisotopic (exact) mass is 507 g/mol. The topological polar surface area (TPSA) is 96.3 Å². The molecule has 0 bridgehead atoms. The summed E-state index contributed by atoms with van der Waals surface area (Å²) in [5.41, 5.74) is 0.285. The van der Waals surface area contributed by atoms with Gasteiger partial charge in [0.2, 0.25) is 17.7 Å². The van der Waals surface area contributed by atoms with Crippen LogP contribution in [0.25, 0.3) is 0 Å². The average Bonchev–Trinajstić information content (AvgIpc) is 3.57. The van der Waals surface area contributed by atoms with Gasteiger partial charge in [-0.1, -0.05) is 83.2 Å². The van der Waals surface area contributed by atoms with E-state index in [1.54, 1.807) is 17.1 Å². The highest BCUT2D eigenvalue weighted by Crippen LogP contribution is 2.29. The van der Waals surface area contributed by atoms with E-state index in [9.17, 15) is 14.4 Å². The Balaban J connectivity index is 1.51. The van der Waals surface area contributed by atoms with Crippen molar-refractivity contribution in [2.24, 2.45) is 11.3 Å². The summed E-state index contributed by atoms with van der Waals surface area (Å²) in [6.45, 7) is 7.07. The Hall–Kier alpha value is -3.16. The molecule has 3 amide bonds. The molecule has 0 radical (unpaired) electrons. The minimum absolute atomic E-state index is 0.0339. The molecule has 1 aromatic carbocycles. The second-order valence-electron chi connectivity index (χ2n) is 11.6. The lowest BCUT2D eigenvalue weighted by molar-refractivity contribution is -0.132. The van der Waals surface area contributed by atoms with Crippen LogP contribution in [0.1, 0.15) is 83.7 Å². The highest BCUT2D eigenvalue weighted by atomic mass is 16.2.